The van der Waals surface area contributed by atoms with Gasteiger partial charge in [-0.15, -0.1) is 10.2 Å². The van der Waals surface area contributed by atoms with Crippen molar-refractivity contribution in [3.8, 4) is 22.6 Å². The maximum absolute atomic E-state index is 13.0. The van der Waals surface area contributed by atoms with E-state index < -0.39 is 0 Å². The third kappa shape index (κ3) is 4.20. The van der Waals surface area contributed by atoms with Gasteiger partial charge in [-0.2, -0.15) is 4.98 Å². The Morgan fingerprint density at radius 3 is 2.56 bits per heavy atom. The zero-order chi connectivity index (χ0) is 18.6. The molecule has 0 fully saturated rings. The van der Waals surface area contributed by atoms with Gasteiger partial charge in [-0.25, -0.2) is 4.39 Å². The van der Waals surface area contributed by atoms with Crippen LogP contribution in [0.25, 0.3) is 22.6 Å². The van der Waals surface area contributed by atoms with Gasteiger partial charge >= 0.3 is 0 Å². The fraction of sp³-hybridized carbons (Fsp3) is 0.100. The summed E-state index contributed by atoms with van der Waals surface area (Å²) in [7, 11) is 0. The van der Waals surface area contributed by atoms with Crippen molar-refractivity contribution in [2.24, 2.45) is 0 Å². The van der Waals surface area contributed by atoms with Gasteiger partial charge in [-0.05, 0) is 49.4 Å². The van der Waals surface area contributed by atoms with Crippen LogP contribution in [0, 0.1) is 12.7 Å². The van der Waals surface area contributed by atoms with E-state index in [-0.39, 0.29) is 5.82 Å². The molecule has 0 amide bonds. The summed E-state index contributed by atoms with van der Waals surface area (Å²) in [6.07, 6.45) is 0. The minimum absolute atomic E-state index is 0.275. The van der Waals surface area contributed by atoms with Gasteiger partial charge in [0.2, 0.25) is 11.7 Å². The van der Waals surface area contributed by atoms with Crippen molar-refractivity contribution in [2.75, 3.05) is 0 Å². The lowest BCUT2D eigenvalue weighted by molar-refractivity contribution is 0.391. The van der Waals surface area contributed by atoms with Crippen LogP contribution in [0.4, 0.5) is 4.39 Å². The zero-order valence-corrected chi connectivity index (χ0v) is 15.3. The maximum atomic E-state index is 13.0. The van der Waals surface area contributed by atoms with E-state index >= 15 is 0 Å². The lowest BCUT2D eigenvalue weighted by Gasteiger charge is -2.01. The number of halogens is 1. The zero-order valence-electron chi connectivity index (χ0n) is 14.5. The van der Waals surface area contributed by atoms with E-state index in [1.54, 1.807) is 12.1 Å². The van der Waals surface area contributed by atoms with Crippen molar-refractivity contribution >= 4 is 11.8 Å². The molecule has 0 bridgehead atoms. The molecule has 2 aromatic heterocycles. The molecule has 0 spiro atoms. The van der Waals surface area contributed by atoms with E-state index in [1.807, 2.05) is 43.3 Å². The normalized spacial score (nSPS) is 10.9. The van der Waals surface area contributed by atoms with E-state index in [0.717, 1.165) is 21.7 Å². The van der Waals surface area contributed by atoms with Crippen LogP contribution in [0.2, 0.25) is 0 Å². The number of benzene rings is 2. The number of aryl methyl sites for hydroxylation is 1. The molecule has 0 unspecified atom stereocenters. The third-order valence-corrected chi connectivity index (χ3v) is 4.77. The van der Waals surface area contributed by atoms with E-state index in [0.29, 0.717) is 23.2 Å². The van der Waals surface area contributed by atoms with Crippen molar-refractivity contribution < 1.29 is 8.91 Å². The molecule has 0 atom stereocenters. The average molecular weight is 378 g/mol. The van der Waals surface area contributed by atoms with Gasteiger partial charge in [0, 0.05) is 11.1 Å². The maximum Gasteiger partial charge on any atom is 0.237 e. The number of thioether (sulfide) groups is 1. The number of nitrogens with zero attached hydrogens (tertiary/aromatic N) is 4. The summed E-state index contributed by atoms with van der Waals surface area (Å²) in [5.74, 6) is 1.33. The van der Waals surface area contributed by atoms with Gasteiger partial charge in [0.15, 0.2) is 0 Å². The smallest absolute Gasteiger partial charge is 0.237 e. The molecule has 2 heterocycles. The Labute approximate surface area is 159 Å². The minimum Gasteiger partial charge on any atom is -0.338 e. The Morgan fingerprint density at radius 1 is 0.963 bits per heavy atom. The molecule has 2 aromatic carbocycles. The van der Waals surface area contributed by atoms with Crippen LogP contribution in [-0.2, 0) is 5.75 Å². The van der Waals surface area contributed by atoms with Crippen molar-refractivity contribution in [1.82, 2.24) is 20.3 Å². The first-order chi connectivity index (χ1) is 13.2. The van der Waals surface area contributed by atoms with Crippen LogP contribution in [-0.4, -0.2) is 20.3 Å². The van der Waals surface area contributed by atoms with Crippen LogP contribution in [0.1, 0.15) is 11.5 Å². The van der Waals surface area contributed by atoms with Crippen LogP contribution >= 0.6 is 11.8 Å². The lowest BCUT2D eigenvalue weighted by atomic mass is 10.1. The topological polar surface area (TPSA) is 64.7 Å². The Bertz CT molecular complexity index is 1050. The Balaban J connectivity index is 1.41. The number of aromatic nitrogens is 4. The molecule has 0 aliphatic heterocycles. The highest BCUT2D eigenvalue weighted by Crippen LogP contribution is 2.24. The van der Waals surface area contributed by atoms with Crippen LogP contribution in [0.5, 0.6) is 0 Å². The summed E-state index contributed by atoms with van der Waals surface area (Å²) >= 11 is 1.46. The largest absolute Gasteiger partial charge is 0.338 e. The summed E-state index contributed by atoms with van der Waals surface area (Å²) in [6, 6.07) is 17.8. The van der Waals surface area contributed by atoms with Crippen molar-refractivity contribution in [3.05, 3.63) is 77.9 Å². The Kier molecular flexibility index (Phi) is 4.93. The van der Waals surface area contributed by atoms with Gasteiger partial charge in [0.1, 0.15) is 10.8 Å². The molecular formula is C20H15FN4OS. The Morgan fingerprint density at radius 2 is 1.81 bits per heavy atom. The van der Waals surface area contributed by atoms with E-state index in [4.69, 9.17) is 4.52 Å². The SMILES string of the molecule is Cc1cccc(-c2noc(CSc3ccc(-c4ccc(F)cc4)nn3)n2)c1. The molecule has 5 nitrogen and oxygen atoms in total. The van der Waals surface area contributed by atoms with Gasteiger partial charge in [0.25, 0.3) is 0 Å². The molecule has 0 saturated heterocycles. The molecule has 0 saturated carbocycles. The predicted octanol–water partition coefficient (Wildman–Crippen LogP) is 4.93. The third-order valence-electron chi connectivity index (χ3n) is 3.87. The van der Waals surface area contributed by atoms with Gasteiger partial charge in [0.05, 0.1) is 11.4 Å². The highest BCUT2D eigenvalue weighted by atomic mass is 32.2. The molecule has 0 aliphatic rings. The molecule has 4 aromatic rings. The van der Waals surface area contributed by atoms with Gasteiger partial charge < -0.3 is 4.52 Å². The number of hydrogen-bond donors (Lipinski definition) is 0. The average Bonchev–Trinajstić information content (AvgIpc) is 3.17. The van der Waals surface area contributed by atoms with Crippen LogP contribution in [0.3, 0.4) is 0 Å². The monoisotopic (exact) mass is 378 g/mol. The second-order valence-electron chi connectivity index (χ2n) is 5.93. The fourth-order valence-electron chi connectivity index (χ4n) is 2.52. The molecule has 7 heteroatoms. The van der Waals surface area contributed by atoms with E-state index in [1.165, 1.54) is 23.9 Å². The highest BCUT2D eigenvalue weighted by molar-refractivity contribution is 7.98. The molecule has 0 aliphatic carbocycles. The molecule has 4 rings (SSSR count). The summed E-state index contributed by atoms with van der Waals surface area (Å²) in [5.41, 5.74) is 3.59. The van der Waals surface area contributed by atoms with Gasteiger partial charge in [-0.1, -0.05) is 40.7 Å². The summed E-state index contributed by atoms with van der Waals surface area (Å²) < 4.78 is 18.3. The summed E-state index contributed by atoms with van der Waals surface area (Å²) in [4.78, 5) is 4.43. The van der Waals surface area contributed by atoms with E-state index in [9.17, 15) is 4.39 Å². The molecule has 0 radical (unpaired) electrons. The summed E-state index contributed by atoms with van der Waals surface area (Å²) in [5, 5.41) is 13.2. The minimum atomic E-state index is -0.275. The first-order valence-corrected chi connectivity index (χ1v) is 9.28. The highest BCUT2D eigenvalue weighted by Gasteiger charge is 2.10. The number of rotatable bonds is 5. The first kappa shape index (κ1) is 17.4. The molecule has 134 valence electrons. The molecule has 27 heavy (non-hydrogen) atoms. The van der Waals surface area contributed by atoms with Crippen molar-refractivity contribution in [1.29, 1.82) is 0 Å². The lowest BCUT2D eigenvalue weighted by Crippen LogP contribution is -1.90. The summed E-state index contributed by atoms with van der Waals surface area (Å²) in [6.45, 7) is 2.02. The number of hydrogen-bond acceptors (Lipinski definition) is 6. The second-order valence-corrected chi connectivity index (χ2v) is 6.93. The standard InChI is InChI=1S/C20H15FN4OS/c1-13-3-2-4-15(11-13)20-22-18(26-25-20)12-27-19-10-9-17(23-24-19)14-5-7-16(21)8-6-14/h2-11H,12H2,1H3. The van der Waals surface area contributed by atoms with Crippen molar-refractivity contribution in [2.45, 2.75) is 17.7 Å². The quantitative estimate of drug-likeness (QED) is 0.459. The second kappa shape index (κ2) is 7.67. The Hall–Kier alpha value is -3.06. The molecular weight excluding hydrogens is 363 g/mol. The first-order valence-electron chi connectivity index (χ1n) is 8.29. The van der Waals surface area contributed by atoms with Crippen LogP contribution < -0.4 is 0 Å². The van der Waals surface area contributed by atoms with E-state index in [2.05, 4.69) is 20.3 Å². The molecule has 0 N–H and O–H groups in total. The van der Waals surface area contributed by atoms with Crippen molar-refractivity contribution in [3.63, 3.8) is 0 Å². The predicted molar refractivity (Wildman–Crippen MR) is 101 cm³/mol. The van der Waals surface area contributed by atoms with Gasteiger partial charge in [-0.3, -0.25) is 0 Å². The van der Waals surface area contributed by atoms with Crippen LogP contribution in [0.15, 0.2) is 70.2 Å². The fourth-order valence-corrected chi connectivity index (χ4v) is 3.17.